The summed E-state index contributed by atoms with van der Waals surface area (Å²) in [6.07, 6.45) is 0. The highest BCUT2D eigenvalue weighted by Gasteiger charge is 2.08. The maximum Gasteiger partial charge on any atom is 0.243 e. The van der Waals surface area contributed by atoms with E-state index in [1.54, 1.807) is 6.92 Å². The lowest BCUT2D eigenvalue weighted by molar-refractivity contribution is 0.520. The van der Waals surface area contributed by atoms with E-state index in [1.807, 2.05) is 0 Å². The zero-order valence-corrected chi connectivity index (χ0v) is 6.23. The number of aryl methyl sites for hydroxylation is 1. The molecule has 12 heavy (non-hydrogen) atoms. The Kier molecular flexibility index (Phi) is 1.33. The quantitative estimate of drug-likeness (QED) is 0.608. The second kappa shape index (κ2) is 2.23. The molecular formula is C7H5F2N3. The number of H-pyrrole nitrogens is 1. The summed E-state index contributed by atoms with van der Waals surface area (Å²) >= 11 is 0. The molecule has 0 bridgehead atoms. The second-order valence-electron chi connectivity index (χ2n) is 2.45. The molecule has 1 N–H and O–H groups in total. The highest BCUT2D eigenvalue weighted by Crippen LogP contribution is 2.13. The molecule has 0 aliphatic heterocycles. The molecule has 0 fully saturated rings. The molecule has 0 spiro atoms. The van der Waals surface area contributed by atoms with Crippen molar-refractivity contribution in [1.29, 1.82) is 0 Å². The van der Waals surface area contributed by atoms with Gasteiger partial charge in [-0.1, -0.05) is 0 Å². The topological polar surface area (TPSA) is 41.6 Å². The first-order valence-corrected chi connectivity index (χ1v) is 3.35. The van der Waals surface area contributed by atoms with Gasteiger partial charge in [0.25, 0.3) is 0 Å². The summed E-state index contributed by atoms with van der Waals surface area (Å²) in [7, 11) is 0. The molecule has 0 unspecified atom stereocenters. The Morgan fingerprint density at radius 2 is 2.08 bits per heavy atom. The molecule has 0 radical (unpaired) electrons. The Morgan fingerprint density at radius 3 is 2.83 bits per heavy atom. The van der Waals surface area contributed by atoms with Gasteiger partial charge < -0.3 is 4.98 Å². The van der Waals surface area contributed by atoms with E-state index in [9.17, 15) is 8.78 Å². The van der Waals surface area contributed by atoms with Crippen LogP contribution in [-0.4, -0.2) is 15.0 Å². The Labute approximate surface area is 66.5 Å². The van der Waals surface area contributed by atoms with E-state index in [2.05, 4.69) is 15.0 Å². The van der Waals surface area contributed by atoms with Crippen molar-refractivity contribution in [2.45, 2.75) is 6.92 Å². The number of hydrogen-bond donors (Lipinski definition) is 1. The summed E-state index contributed by atoms with van der Waals surface area (Å²) in [5.74, 6) is -1.19. The van der Waals surface area contributed by atoms with Crippen LogP contribution in [0.1, 0.15) is 5.82 Å². The number of aromatic amines is 1. The van der Waals surface area contributed by atoms with Crippen LogP contribution in [0.15, 0.2) is 6.07 Å². The maximum absolute atomic E-state index is 12.8. The minimum atomic E-state index is -0.880. The average Bonchev–Trinajstić information content (AvgIpc) is 2.29. The lowest BCUT2D eigenvalue weighted by atomic mass is 10.4. The zero-order valence-electron chi connectivity index (χ0n) is 6.23. The van der Waals surface area contributed by atoms with Crippen LogP contribution in [0.25, 0.3) is 11.0 Å². The highest BCUT2D eigenvalue weighted by molar-refractivity contribution is 5.74. The molecular weight excluding hydrogens is 164 g/mol. The largest absolute Gasteiger partial charge is 0.342 e. The molecule has 0 saturated heterocycles. The second-order valence-corrected chi connectivity index (χ2v) is 2.45. The standard InChI is InChI=1S/C7H5F2N3/c1-3-10-4-2-5(8)12-7(9)6(4)11-3/h2H,1H3,(H,10,11). The molecule has 2 rings (SSSR count). The molecule has 0 atom stereocenters. The Balaban J connectivity index is 2.88. The van der Waals surface area contributed by atoms with Crippen molar-refractivity contribution in [3.63, 3.8) is 0 Å². The van der Waals surface area contributed by atoms with Crippen molar-refractivity contribution in [2.75, 3.05) is 0 Å². The third kappa shape index (κ3) is 0.939. The number of pyridine rings is 1. The molecule has 0 amide bonds. The van der Waals surface area contributed by atoms with Gasteiger partial charge >= 0.3 is 0 Å². The first-order valence-electron chi connectivity index (χ1n) is 3.35. The molecule has 0 saturated carbocycles. The first kappa shape index (κ1) is 7.15. The normalized spacial score (nSPS) is 10.9. The van der Waals surface area contributed by atoms with Gasteiger partial charge in [-0.05, 0) is 6.92 Å². The van der Waals surface area contributed by atoms with Crippen LogP contribution in [0.2, 0.25) is 0 Å². The minimum absolute atomic E-state index is 0.0777. The first-order chi connectivity index (χ1) is 5.66. The van der Waals surface area contributed by atoms with Gasteiger partial charge in [0.1, 0.15) is 11.3 Å². The van der Waals surface area contributed by atoms with Crippen molar-refractivity contribution < 1.29 is 8.78 Å². The number of halogens is 2. The van der Waals surface area contributed by atoms with Crippen LogP contribution >= 0.6 is 0 Å². The number of nitrogens with zero attached hydrogens (tertiary/aromatic N) is 2. The predicted octanol–water partition coefficient (Wildman–Crippen LogP) is 1.54. The van der Waals surface area contributed by atoms with Gasteiger partial charge in [-0.25, -0.2) is 4.98 Å². The molecule has 2 aromatic rings. The summed E-state index contributed by atoms with van der Waals surface area (Å²) in [6, 6.07) is 1.11. The molecule has 0 aromatic carbocycles. The summed E-state index contributed by atoms with van der Waals surface area (Å²) in [6.45, 7) is 1.66. The molecule has 0 aliphatic rings. The Bertz CT molecular complexity index is 435. The van der Waals surface area contributed by atoms with Gasteiger partial charge in [0.05, 0.1) is 5.52 Å². The van der Waals surface area contributed by atoms with Crippen molar-refractivity contribution in [3.05, 3.63) is 23.8 Å². The number of rotatable bonds is 0. The fourth-order valence-corrected chi connectivity index (χ4v) is 1.07. The van der Waals surface area contributed by atoms with Crippen molar-refractivity contribution in [1.82, 2.24) is 15.0 Å². The molecule has 0 aliphatic carbocycles. The maximum atomic E-state index is 12.8. The number of fused-ring (bicyclic) bond motifs is 1. The lowest BCUT2D eigenvalue weighted by Crippen LogP contribution is -1.88. The van der Waals surface area contributed by atoms with Crippen LogP contribution in [0, 0.1) is 18.8 Å². The van der Waals surface area contributed by atoms with E-state index in [0.29, 0.717) is 11.3 Å². The number of aromatic nitrogens is 3. The molecule has 62 valence electrons. The average molecular weight is 169 g/mol. The monoisotopic (exact) mass is 169 g/mol. The highest BCUT2D eigenvalue weighted by atomic mass is 19.1. The summed E-state index contributed by atoms with van der Waals surface area (Å²) < 4.78 is 25.3. The summed E-state index contributed by atoms with van der Waals surface area (Å²) in [5, 5.41) is 0. The van der Waals surface area contributed by atoms with E-state index in [-0.39, 0.29) is 5.52 Å². The van der Waals surface area contributed by atoms with E-state index < -0.39 is 11.9 Å². The van der Waals surface area contributed by atoms with Gasteiger partial charge in [-0.2, -0.15) is 13.8 Å². The van der Waals surface area contributed by atoms with Gasteiger partial charge in [0.2, 0.25) is 11.9 Å². The van der Waals surface area contributed by atoms with E-state index >= 15 is 0 Å². The van der Waals surface area contributed by atoms with Crippen molar-refractivity contribution in [2.24, 2.45) is 0 Å². The van der Waals surface area contributed by atoms with E-state index in [1.165, 1.54) is 0 Å². The summed E-state index contributed by atoms with van der Waals surface area (Å²) in [5.41, 5.74) is 0.409. The van der Waals surface area contributed by atoms with Crippen LogP contribution in [0.3, 0.4) is 0 Å². The van der Waals surface area contributed by atoms with Crippen molar-refractivity contribution in [3.8, 4) is 0 Å². The Morgan fingerprint density at radius 1 is 1.33 bits per heavy atom. The predicted molar refractivity (Wildman–Crippen MR) is 38.5 cm³/mol. The van der Waals surface area contributed by atoms with Gasteiger partial charge in [0, 0.05) is 6.07 Å². The smallest absolute Gasteiger partial charge is 0.243 e. The molecule has 2 aromatic heterocycles. The fraction of sp³-hybridized carbons (Fsp3) is 0.143. The molecule has 2 heterocycles. The van der Waals surface area contributed by atoms with Gasteiger partial charge in [0.15, 0.2) is 0 Å². The van der Waals surface area contributed by atoms with Crippen molar-refractivity contribution >= 4 is 11.0 Å². The van der Waals surface area contributed by atoms with Crippen LogP contribution < -0.4 is 0 Å². The van der Waals surface area contributed by atoms with Gasteiger partial charge in [-0.3, -0.25) is 0 Å². The number of hydrogen-bond acceptors (Lipinski definition) is 2. The fourth-order valence-electron chi connectivity index (χ4n) is 1.07. The van der Waals surface area contributed by atoms with Crippen LogP contribution in [0.5, 0.6) is 0 Å². The Hall–Kier alpha value is -1.52. The number of nitrogens with one attached hydrogen (secondary N) is 1. The zero-order chi connectivity index (χ0) is 8.72. The SMILES string of the molecule is Cc1nc2c(F)nc(F)cc2[nH]1. The third-order valence-corrected chi connectivity index (χ3v) is 1.51. The third-order valence-electron chi connectivity index (χ3n) is 1.51. The van der Waals surface area contributed by atoms with E-state index in [4.69, 9.17) is 0 Å². The minimum Gasteiger partial charge on any atom is -0.342 e. The summed E-state index contributed by atoms with van der Waals surface area (Å²) in [4.78, 5) is 9.50. The lowest BCUT2D eigenvalue weighted by Gasteiger charge is -1.89. The van der Waals surface area contributed by atoms with Crippen LogP contribution in [-0.2, 0) is 0 Å². The molecule has 3 nitrogen and oxygen atoms in total. The van der Waals surface area contributed by atoms with Gasteiger partial charge in [-0.15, -0.1) is 0 Å². The van der Waals surface area contributed by atoms with E-state index in [0.717, 1.165) is 6.07 Å². The van der Waals surface area contributed by atoms with Crippen LogP contribution in [0.4, 0.5) is 8.78 Å². The number of imidazole rings is 1. The molecule has 5 heteroatoms.